The number of nitrogens with zero attached hydrogens (tertiary/aromatic N) is 1. The number of piperidine rings is 2. The van der Waals surface area contributed by atoms with Gasteiger partial charge in [-0.1, -0.05) is 6.92 Å². The number of carbonyl (C=O) groups excluding carboxylic acids is 1. The van der Waals surface area contributed by atoms with E-state index in [0.29, 0.717) is 31.2 Å². The highest BCUT2D eigenvalue weighted by Gasteiger charge is 2.35. The molecular formula is C14H24N2O3. The number of carbonyl (C=O) groups is 2. The zero-order chi connectivity index (χ0) is 13.8. The molecule has 0 aromatic heterocycles. The summed E-state index contributed by atoms with van der Waals surface area (Å²) in [6, 6.07) is -0.613. The highest BCUT2D eigenvalue weighted by atomic mass is 16.4. The standard InChI is InChI=1S/C14H24N2O3/c1-10-4-7-16(12(8-10)14(18)19)13(17)9-11-2-5-15-6-3-11/h10-12,15H,2-9H2,1H3,(H,18,19). The molecule has 2 N–H and O–H groups in total. The molecule has 1 amide bonds. The second-order valence-corrected chi connectivity index (χ2v) is 5.97. The Balaban J connectivity index is 1.93. The Bertz CT molecular complexity index is 340. The maximum Gasteiger partial charge on any atom is 0.326 e. The Hall–Kier alpha value is -1.10. The third-order valence-corrected chi connectivity index (χ3v) is 4.39. The van der Waals surface area contributed by atoms with Crippen LogP contribution in [0.2, 0.25) is 0 Å². The summed E-state index contributed by atoms with van der Waals surface area (Å²) in [5, 5.41) is 12.6. The molecule has 2 aliphatic heterocycles. The van der Waals surface area contributed by atoms with Crippen molar-refractivity contribution in [1.29, 1.82) is 0 Å². The lowest BCUT2D eigenvalue weighted by atomic mass is 9.90. The molecule has 2 aliphatic rings. The summed E-state index contributed by atoms with van der Waals surface area (Å²) in [5.74, 6) is -0.0111. The van der Waals surface area contributed by atoms with E-state index in [2.05, 4.69) is 12.2 Å². The molecule has 2 atom stereocenters. The number of hydrogen-bond acceptors (Lipinski definition) is 3. The van der Waals surface area contributed by atoms with Gasteiger partial charge in [-0.2, -0.15) is 0 Å². The van der Waals surface area contributed by atoms with Crippen LogP contribution in [-0.2, 0) is 9.59 Å². The lowest BCUT2D eigenvalue weighted by molar-refractivity contribution is -0.153. The minimum atomic E-state index is -0.856. The highest BCUT2D eigenvalue weighted by Crippen LogP contribution is 2.25. The largest absolute Gasteiger partial charge is 0.480 e. The first kappa shape index (κ1) is 14.3. The second kappa shape index (κ2) is 6.37. The molecule has 0 aliphatic carbocycles. The molecule has 0 radical (unpaired) electrons. The first-order valence-corrected chi connectivity index (χ1v) is 7.31. The van der Waals surface area contributed by atoms with E-state index in [1.165, 1.54) is 0 Å². The van der Waals surface area contributed by atoms with Gasteiger partial charge < -0.3 is 15.3 Å². The lowest BCUT2D eigenvalue weighted by Crippen LogP contribution is -2.50. The topological polar surface area (TPSA) is 69.6 Å². The summed E-state index contributed by atoms with van der Waals surface area (Å²) in [6.07, 6.45) is 4.07. The van der Waals surface area contributed by atoms with Crippen LogP contribution >= 0.6 is 0 Å². The number of hydrogen-bond donors (Lipinski definition) is 2. The molecule has 0 aromatic carbocycles. The highest BCUT2D eigenvalue weighted by molar-refractivity contribution is 5.84. The van der Waals surface area contributed by atoms with Crippen molar-refractivity contribution in [3.8, 4) is 0 Å². The molecule has 0 aromatic rings. The quantitative estimate of drug-likeness (QED) is 0.804. The Kier molecular flexibility index (Phi) is 4.80. The van der Waals surface area contributed by atoms with Gasteiger partial charge in [0, 0.05) is 13.0 Å². The number of carboxylic acids is 1. The summed E-state index contributed by atoms with van der Waals surface area (Å²) >= 11 is 0. The molecule has 2 heterocycles. The summed E-state index contributed by atoms with van der Waals surface area (Å²) in [7, 11) is 0. The fourth-order valence-corrected chi connectivity index (χ4v) is 3.12. The van der Waals surface area contributed by atoms with Crippen molar-refractivity contribution in [3.05, 3.63) is 0 Å². The lowest BCUT2D eigenvalue weighted by Gasteiger charge is -2.37. The zero-order valence-corrected chi connectivity index (χ0v) is 11.6. The molecule has 0 spiro atoms. The third-order valence-electron chi connectivity index (χ3n) is 4.39. The van der Waals surface area contributed by atoms with Crippen LogP contribution in [0.3, 0.4) is 0 Å². The van der Waals surface area contributed by atoms with E-state index in [9.17, 15) is 14.7 Å². The van der Waals surface area contributed by atoms with Crippen LogP contribution in [0.5, 0.6) is 0 Å². The maximum absolute atomic E-state index is 12.3. The monoisotopic (exact) mass is 268 g/mol. The predicted octanol–water partition coefficient (Wildman–Crippen LogP) is 1.09. The minimum absolute atomic E-state index is 0.0335. The Morgan fingerprint density at radius 2 is 1.95 bits per heavy atom. The number of aliphatic carboxylic acids is 1. The summed E-state index contributed by atoms with van der Waals surface area (Å²) in [6.45, 7) is 4.60. The predicted molar refractivity (Wildman–Crippen MR) is 71.7 cm³/mol. The fraction of sp³-hybridized carbons (Fsp3) is 0.857. The molecule has 5 heteroatoms. The second-order valence-electron chi connectivity index (χ2n) is 5.97. The zero-order valence-electron chi connectivity index (χ0n) is 11.6. The normalized spacial score (nSPS) is 29.2. The molecule has 19 heavy (non-hydrogen) atoms. The van der Waals surface area contributed by atoms with Crippen LogP contribution in [0.25, 0.3) is 0 Å². The van der Waals surface area contributed by atoms with E-state index < -0.39 is 12.0 Å². The third kappa shape index (κ3) is 3.69. The van der Waals surface area contributed by atoms with Gasteiger partial charge in [0.2, 0.25) is 5.91 Å². The number of nitrogens with one attached hydrogen (secondary N) is 1. The van der Waals surface area contributed by atoms with Gasteiger partial charge in [-0.15, -0.1) is 0 Å². The van der Waals surface area contributed by atoms with Crippen molar-refractivity contribution in [2.24, 2.45) is 11.8 Å². The Morgan fingerprint density at radius 1 is 1.26 bits per heavy atom. The van der Waals surface area contributed by atoms with E-state index >= 15 is 0 Å². The van der Waals surface area contributed by atoms with Crippen molar-refractivity contribution >= 4 is 11.9 Å². The van der Waals surface area contributed by atoms with E-state index in [0.717, 1.165) is 32.4 Å². The summed E-state index contributed by atoms with van der Waals surface area (Å²) < 4.78 is 0. The van der Waals surface area contributed by atoms with Gasteiger partial charge in [-0.3, -0.25) is 4.79 Å². The molecule has 5 nitrogen and oxygen atoms in total. The van der Waals surface area contributed by atoms with Gasteiger partial charge in [-0.25, -0.2) is 4.79 Å². The maximum atomic E-state index is 12.3. The van der Waals surface area contributed by atoms with Gasteiger partial charge in [0.1, 0.15) is 6.04 Å². The average Bonchev–Trinajstić information content (AvgIpc) is 2.39. The first-order valence-electron chi connectivity index (χ1n) is 7.31. The molecule has 0 saturated carbocycles. The molecular weight excluding hydrogens is 244 g/mol. The van der Waals surface area contributed by atoms with Crippen LogP contribution in [0.4, 0.5) is 0 Å². The number of carboxylic acid groups (broad SMARTS) is 1. The molecule has 2 rings (SSSR count). The van der Waals surface area contributed by atoms with Crippen LogP contribution in [-0.4, -0.2) is 47.6 Å². The fourth-order valence-electron chi connectivity index (χ4n) is 3.12. The van der Waals surface area contributed by atoms with E-state index in [-0.39, 0.29) is 5.91 Å². The van der Waals surface area contributed by atoms with Crippen LogP contribution in [0.15, 0.2) is 0 Å². The van der Waals surface area contributed by atoms with Crippen molar-refractivity contribution in [2.75, 3.05) is 19.6 Å². The SMILES string of the molecule is CC1CCN(C(=O)CC2CCNCC2)C(C(=O)O)C1. The van der Waals surface area contributed by atoms with Gasteiger partial charge >= 0.3 is 5.97 Å². The van der Waals surface area contributed by atoms with Gasteiger partial charge in [-0.05, 0) is 50.6 Å². The van der Waals surface area contributed by atoms with Crippen LogP contribution in [0.1, 0.15) is 39.0 Å². The van der Waals surface area contributed by atoms with E-state index in [1.54, 1.807) is 4.90 Å². The summed E-state index contributed by atoms with van der Waals surface area (Å²) in [5.41, 5.74) is 0. The van der Waals surface area contributed by atoms with E-state index in [4.69, 9.17) is 0 Å². The molecule has 2 saturated heterocycles. The van der Waals surface area contributed by atoms with Gasteiger partial charge in [0.25, 0.3) is 0 Å². The smallest absolute Gasteiger partial charge is 0.326 e. The number of amides is 1. The number of rotatable bonds is 3. The Morgan fingerprint density at radius 3 is 2.58 bits per heavy atom. The molecule has 0 bridgehead atoms. The van der Waals surface area contributed by atoms with Crippen molar-refractivity contribution in [1.82, 2.24) is 10.2 Å². The van der Waals surface area contributed by atoms with Crippen molar-refractivity contribution < 1.29 is 14.7 Å². The molecule has 108 valence electrons. The average molecular weight is 268 g/mol. The van der Waals surface area contributed by atoms with Gasteiger partial charge in [0.05, 0.1) is 0 Å². The summed E-state index contributed by atoms with van der Waals surface area (Å²) in [4.78, 5) is 25.2. The first-order chi connectivity index (χ1) is 9.08. The van der Waals surface area contributed by atoms with E-state index in [1.807, 2.05) is 0 Å². The Labute approximate surface area is 114 Å². The van der Waals surface area contributed by atoms with Crippen molar-refractivity contribution in [3.63, 3.8) is 0 Å². The molecule has 2 fully saturated rings. The molecule has 2 unspecified atom stereocenters. The van der Waals surface area contributed by atoms with Crippen LogP contribution < -0.4 is 5.32 Å². The van der Waals surface area contributed by atoms with Crippen LogP contribution in [0, 0.1) is 11.8 Å². The number of likely N-dealkylation sites (tertiary alicyclic amines) is 1. The van der Waals surface area contributed by atoms with Crippen molar-refractivity contribution in [2.45, 2.75) is 45.1 Å². The van der Waals surface area contributed by atoms with Gasteiger partial charge in [0.15, 0.2) is 0 Å². The minimum Gasteiger partial charge on any atom is -0.480 e.